The molecular weight excluding hydrogens is 1010 g/mol. The van der Waals surface area contributed by atoms with Crippen LogP contribution in [0.2, 0.25) is 0 Å². The van der Waals surface area contributed by atoms with E-state index in [-0.39, 0.29) is 75.9 Å². The van der Waals surface area contributed by atoms with Crippen molar-refractivity contribution in [2.45, 2.75) is 167 Å². The second kappa shape index (κ2) is 29.1. The number of phenols is 1. The van der Waals surface area contributed by atoms with E-state index in [4.69, 9.17) is 19.3 Å². The first-order valence-electron chi connectivity index (χ1n) is 25.4. The fraction of sp³-hybridized carbons (Fsp3) is 0.596. The SMILES string of the molecule is CN1C(=O)[C@H](C[C@@H](O)CNC(=O)OC(C)(C)C)NC(=O)[C@@H](NC(=O)OC(C)(C)C)Cc2cc(ccc2O)-c2cccc(c2)C[C@H]1C(=O)N[C@@H](CCCNC(=O)OC(C)(C)C)CC(=O)NCC(CCCNC(=O)O)NC(=O)O. The molecule has 25 heteroatoms. The van der Waals surface area contributed by atoms with Crippen molar-refractivity contribution in [1.82, 2.24) is 47.4 Å². The summed E-state index contributed by atoms with van der Waals surface area (Å²) in [6.07, 6.45) is -7.43. The minimum absolute atomic E-state index is 0.0253. The molecule has 1 aliphatic rings. The highest BCUT2D eigenvalue weighted by atomic mass is 16.6. The second-order valence-electron chi connectivity index (χ2n) is 21.8. The Balaban J connectivity index is 2.12. The normalized spacial score (nSPS) is 17.3. The topological polar surface area (TPSA) is 362 Å². The molecule has 1 aliphatic heterocycles. The summed E-state index contributed by atoms with van der Waals surface area (Å²) in [7, 11) is 1.31. The first-order chi connectivity index (χ1) is 35.8. The van der Waals surface area contributed by atoms with Crippen LogP contribution in [-0.4, -0.2) is 166 Å². The molecule has 428 valence electrons. The summed E-state index contributed by atoms with van der Waals surface area (Å²) in [5.74, 6) is -3.43. The minimum atomic E-state index is -1.65. The Kier molecular flexibility index (Phi) is 24.1. The van der Waals surface area contributed by atoms with Crippen molar-refractivity contribution in [3.63, 3.8) is 0 Å². The highest BCUT2D eigenvalue weighted by molar-refractivity contribution is 5.94. The van der Waals surface area contributed by atoms with Gasteiger partial charge in [0.25, 0.3) is 0 Å². The monoisotopic (exact) mass is 1090 g/mol. The molecule has 0 saturated heterocycles. The number of carbonyl (C=O) groups excluding carboxylic acids is 7. The zero-order valence-electron chi connectivity index (χ0n) is 45.6. The van der Waals surface area contributed by atoms with Gasteiger partial charge in [0.15, 0.2) is 0 Å². The van der Waals surface area contributed by atoms with Crippen molar-refractivity contribution in [3.05, 3.63) is 53.6 Å². The maximum absolute atomic E-state index is 15.0. The molecule has 0 spiro atoms. The van der Waals surface area contributed by atoms with Gasteiger partial charge in [0, 0.05) is 71.0 Å². The van der Waals surface area contributed by atoms with Crippen molar-refractivity contribution in [2.24, 2.45) is 0 Å². The molecule has 2 aromatic rings. The summed E-state index contributed by atoms with van der Waals surface area (Å²) in [6, 6.07) is 5.32. The summed E-state index contributed by atoms with van der Waals surface area (Å²) in [6.45, 7) is 14.3. The van der Waals surface area contributed by atoms with Gasteiger partial charge in [-0.2, -0.15) is 0 Å². The van der Waals surface area contributed by atoms with Gasteiger partial charge < -0.3 is 82.1 Å². The van der Waals surface area contributed by atoms with E-state index >= 15 is 4.79 Å². The van der Waals surface area contributed by atoms with Gasteiger partial charge in [0.1, 0.15) is 40.7 Å². The molecule has 77 heavy (non-hydrogen) atoms. The third-order valence-corrected chi connectivity index (χ3v) is 11.4. The smallest absolute Gasteiger partial charge is 0.408 e. The number of amides is 9. The number of phenolic OH excluding ortho intramolecular Hbond substituents is 1. The molecule has 0 aliphatic carbocycles. The van der Waals surface area contributed by atoms with Gasteiger partial charge in [0.05, 0.1) is 6.10 Å². The van der Waals surface area contributed by atoms with Crippen LogP contribution < -0.4 is 42.5 Å². The highest BCUT2D eigenvalue weighted by Gasteiger charge is 2.37. The molecular formula is C52H79N9O16. The van der Waals surface area contributed by atoms with Crippen molar-refractivity contribution in [2.75, 3.05) is 33.2 Å². The standard InChI is InChI=1S/C52H79N9O16/c1-50(2,3)75-47(72)54-21-12-16-34(26-41(64)55-28-35(58-46(70)71)17-13-20-53-45(68)69)57-43(66)39-23-30-14-11-15-31(22-30)32-18-19-40(63)33(24-32)25-37(60-49(74)77-52(7,8)9)42(65)59-38(44(67)61(39)10)27-36(62)29-56-48(73)76-51(4,5)6/h11,14-15,18-19,22,24,34-39,53,58,62-63H,12-13,16-17,20-21,23,25-29H2,1-10H3,(H,54,72)(H,55,64)(H,56,73)(H,57,66)(H,59,65)(H,60,74)(H,68,69)(H,70,71)/t34-,35?,36+,37-,38-,39-/m0/s1. The molecule has 12 N–H and O–H groups in total. The Morgan fingerprint density at radius 3 is 1.90 bits per heavy atom. The van der Waals surface area contributed by atoms with Crippen LogP contribution in [-0.2, 0) is 46.2 Å². The summed E-state index contributed by atoms with van der Waals surface area (Å²) >= 11 is 0. The number of hydrogen-bond acceptors (Lipinski definition) is 14. The zero-order valence-corrected chi connectivity index (χ0v) is 45.6. The number of fused-ring (bicyclic) bond motifs is 5. The predicted molar refractivity (Wildman–Crippen MR) is 281 cm³/mol. The largest absolute Gasteiger partial charge is 0.508 e. The highest BCUT2D eigenvalue weighted by Crippen LogP contribution is 2.29. The van der Waals surface area contributed by atoms with Gasteiger partial charge in [-0.05, 0) is 122 Å². The number of nitrogens with one attached hydrogen (secondary N) is 8. The molecule has 1 unspecified atom stereocenters. The van der Waals surface area contributed by atoms with Crippen molar-refractivity contribution in [1.29, 1.82) is 0 Å². The van der Waals surface area contributed by atoms with Crippen LogP contribution >= 0.6 is 0 Å². The number of carboxylic acid groups (broad SMARTS) is 2. The maximum Gasteiger partial charge on any atom is 0.408 e. The van der Waals surface area contributed by atoms with E-state index in [0.717, 1.165) is 4.90 Å². The molecule has 0 aromatic heterocycles. The summed E-state index contributed by atoms with van der Waals surface area (Å²) < 4.78 is 16.1. The van der Waals surface area contributed by atoms with Gasteiger partial charge in [-0.3, -0.25) is 19.2 Å². The fourth-order valence-electron chi connectivity index (χ4n) is 7.93. The molecule has 4 bridgehead atoms. The summed E-state index contributed by atoms with van der Waals surface area (Å²) in [4.78, 5) is 120. The number of aromatic hydroxyl groups is 1. The molecule has 6 atom stereocenters. The lowest BCUT2D eigenvalue weighted by molar-refractivity contribution is -0.143. The quantitative estimate of drug-likeness (QED) is 0.0665. The number of hydrogen-bond donors (Lipinski definition) is 12. The predicted octanol–water partition coefficient (Wildman–Crippen LogP) is 3.62. The Morgan fingerprint density at radius 1 is 0.701 bits per heavy atom. The van der Waals surface area contributed by atoms with E-state index in [1.165, 1.54) is 13.1 Å². The average Bonchev–Trinajstić information content (AvgIpc) is 3.29. The second-order valence-corrected chi connectivity index (χ2v) is 21.8. The molecule has 0 fully saturated rings. The molecule has 0 radical (unpaired) electrons. The van der Waals surface area contributed by atoms with Crippen LogP contribution in [0.25, 0.3) is 11.1 Å². The molecule has 1 heterocycles. The Hall–Kier alpha value is -7.57. The number of likely N-dealkylation sites (N-methyl/N-ethyl adjacent to an activating group) is 1. The minimum Gasteiger partial charge on any atom is -0.508 e. The van der Waals surface area contributed by atoms with E-state index in [1.54, 1.807) is 98.7 Å². The van der Waals surface area contributed by atoms with Crippen LogP contribution in [0.3, 0.4) is 0 Å². The number of rotatable bonds is 20. The first kappa shape index (κ1) is 63.7. The van der Waals surface area contributed by atoms with E-state index in [1.807, 2.05) is 0 Å². The number of carbonyl (C=O) groups is 9. The third kappa shape index (κ3) is 24.8. The Bertz CT molecular complexity index is 2380. The van der Waals surface area contributed by atoms with Crippen LogP contribution in [0.4, 0.5) is 24.0 Å². The maximum atomic E-state index is 15.0. The molecule has 2 aromatic carbocycles. The van der Waals surface area contributed by atoms with Crippen molar-refractivity contribution >= 4 is 54.1 Å². The molecule has 25 nitrogen and oxygen atoms in total. The van der Waals surface area contributed by atoms with Crippen LogP contribution in [0.15, 0.2) is 42.5 Å². The molecule has 9 amide bonds. The number of ether oxygens (including phenoxy) is 3. The average molecular weight is 1090 g/mol. The number of benzene rings is 2. The number of aliphatic hydroxyl groups excluding tert-OH is 1. The number of aliphatic hydroxyl groups is 1. The lowest BCUT2D eigenvalue weighted by atomic mass is 9.95. The van der Waals surface area contributed by atoms with Crippen LogP contribution in [0.1, 0.15) is 112 Å². The summed E-state index contributed by atoms with van der Waals surface area (Å²) in [5, 5.41) is 61.1. The fourth-order valence-corrected chi connectivity index (χ4v) is 7.93. The molecule has 3 rings (SSSR count). The van der Waals surface area contributed by atoms with E-state index in [0.29, 0.717) is 16.7 Å². The Morgan fingerprint density at radius 2 is 1.29 bits per heavy atom. The van der Waals surface area contributed by atoms with E-state index in [9.17, 15) is 53.7 Å². The van der Waals surface area contributed by atoms with Crippen molar-refractivity contribution in [3.8, 4) is 16.9 Å². The Labute approximate surface area is 448 Å². The number of nitrogens with zero attached hydrogens (tertiary/aromatic N) is 1. The van der Waals surface area contributed by atoms with Crippen LogP contribution in [0.5, 0.6) is 5.75 Å². The van der Waals surface area contributed by atoms with Gasteiger partial charge in [-0.15, -0.1) is 0 Å². The van der Waals surface area contributed by atoms with E-state index < -0.39 is 120 Å². The van der Waals surface area contributed by atoms with Crippen LogP contribution in [0, 0.1) is 0 Å². The number of alkyl carbamates (subject to hydrolysis) is 3. The van der Waals surface area contributed by atoms with Gasteiger partial charge in [0.2, 0.25) is 23.6 Å². The third-order valence-electron chi connectivity index (χ3n) is 11.4. The van der Waals surface area contributed by atoms with E-state index in [2.05, 4.69) is 42.5 Å². The van der Waals surface area contributed by atoms with Gasteiger partial charge in [-0.1, -0.05) is 30.3 Å². The first-order valence-corrected chi connectivity index (χ1v) is 25.4. The lowest BCUT2D eigenvalue weighted by Gasteiger charge is -2.33. The summed E-state index contributed by atoms with van der Waals surface area (Å²) in [5.41, 5.74) is -0.708. The molecule has 0 saturated carbocycles. The van der Waals surface area contributed by atoms with Crippen molar-refractivity contribution < 1.29 is 77.8 Å². The lowest BCUT2D eigenvalue weighted by Crippen LogP contribution is -2.59. The van der Waals surface area contributed by atoms with Gasteiger partial charge in [-0.25, -0.2) is 24.0 Å². The van der Waals surface area contributed by atoms with Gasteiger partial charge >= 0.3 is 30.5 Å². The zero-order chi connectivity index (χ0) is 57.8.